The van der Waals surface area contributed by atoms with Gasteiger partial charge in [0.05, 0.1) is 16.0 Å². The van der Waals surface area contributed by atoms with E-state index in [0.29, 0.717) is 17.7 Å². The molecular formula is C21H19N7O10S3. The molecule has 0 spiro atoms. The second-order valence-corrected chi connectivity index (χ2v) is 12.6. The average Bonchev–Trinajstić information content (AvgIpc) is 2.81. The fraction of sp³-hybridized carbons (Fsp3) is 0.0952. The zero-order valence-corrected chi connectivity index (χ0v) is 23.2. The van der Waals surface area contributed by atoms with Crippen LogP contribution < -0.4 is 11.1 Å². The van der Waals surface area contributed by atoms with Crippen LogP contribution in [0.2, 0.25) is 0 Å². The van der Waals surface area contributed by atoms with Crippen molar-refractivity contribution in [3.8, 4) is 5.75 Å². The molecule has 0 aliphatic rings. The molecule has 20 heteroatoms. The molecule has 0 saturated heterocycles. The smallest absolute Gasteiger partial charge is 0.296 e. The molecule has 0 amide bonds. The Labute approximate surface area is 232 Å². The minimum absolute atomic E-state index is 0.0756. The molecular weight excluding hydrogens is 606 g/mol. The topological polar surface area (TPSA) is 285 Å². The van der Waals surface area contributed by atoms with Gasteiger partial charge in [0, 0.05) is 11.8 Å². The number of azo groups is 1. The van der Waals surface area contributed by atoms with Crippen molar-refractivity contribution in [1.29, 1.82) is 0 Å². The van der Waals surface area contributed by atoms with Crippen molar-refractivity contribution >= 4 is 69.8 Å². The van der Waals surface area contributed by atoms with Gasteiger partial charge in [0.25, 0.3) is 30.4 Å². The third-order valence-electron chi connectivity index (χ3n) is 5.35. The van der Waals surface area contributed by atoms with E-state index in [1.165, 1.54) is 6.07 Å². The first-order valence-electron chi connectivity index (χ1n) is 10.9. The summed E-state index contributed by atoms with van der Waals surface area (Å²) < 4.78 is 100. The van der Waals surface area contributed by atoms with Crippen LogP contribution >= 0.6 is 0 Å². The predicted octanol–water partition coefficient (Wildman–Crippen LogP) is 2.83. The lowest BCUT2D eigenvalue weighted by Crippen LogP contribution is -2.05. The number of rotatable bonds is 7. The second-order valence-electron chi connectivity index (χ2n) is 8.36. The number of hydrogen-bond acceptors (Lipinski definition) is 14. The largest absolute Gasteiger partial charge is 0.507 e. The highest BCUT2D eigenvalue weighted by molar-refractivity contribution is 7.86. The van der Waals surface area contributed by atoms with Crippen LogP contribution in [-0.4, -0.2) is 59.0 Å². The number of aryl methyl sites for hydroxylation is 2. The first-order valence-corrected chi connectivity index (χ1v) is 15.2. The number of nitrogens with one attached hydrogen (secondary N) is 1. The number of phenols is 1. The van der Waals surface area contributed by atoms with E-state index in [0.717, 1.165) is 24.3 Å². The Morgan fingerprint density at radius 2 is 1.39 bits per heavy atom. The van der Waals surface area contributed by atoms with Crippen molar-refractivity contribution in [3.05, 3.63) is 48.0 Å². The molecule has 0 fully saturated rings. The van der Waals surface area contributed by atoms with E-state index in [1.807, 2.05) is 0 Å². The summed E-state index contributed by atoms with van der Waals surface area (Å²) in [5, 5.41) is 20.1. The first-order chi connectivity index (χ1) is 18.8. The molecule has 0 bridgehead atoms. The van der Waals surface area contributed by atoms with E-state index in [4.69, 9.17) is 5.73 Å². The maximum Gasteiger partial charge on any atom is 0.296 e. The van der Waals surface area contributed by atoms with Gasteiger partial charge in [0.15, 0.2) is 0 Å². The quantitative estimate of drug-likeness (QED) is 0.0977. The SMILES string of the molecule is Cc1nc(C)nc(Nc2ccc(N=Nc3c(N)c(S(=O)(=O)O)cc4cc(S(=O)(=O)O)cc(O)c34)c(S(=O)(=O)O)c2)n1. The van der Waals surface area contributed by atoms with E-state index < -0.39 is 67.9 Å². The normalized spacial score (nSPS) is 12.7. The molecule has 0 aliphatic heterocycles. The number of anilines is 3. The molecule has 4 rings (SSSR count). The Morgan fingerprint density at radius 3 is 1.95 bits per heavy atom. The van der Waals surface area contributed by atoms with Crippen LogP contribution in [0.5, 0.6) is 5.75 Å². The maximum atomic E-state index is 12.2. The summed E-state index contributed by atoms with van der Waals surface area (Å²) in [5.74, 6) is -0.00419. The molecule has 1 heterocycles. The third-order valence-corrected chi connectivity index (χ3v) is 7.96. The van der Waals surface area contributed by atoms with Crippen LogP contribution in [-0.2, 0) is 30.4 Å². The van der Waals surface area contributed by atoms with Crippen LogP contribution in [0.1, 0.15) is 11.6 Å². The molecule has 0 atom stereocenters. The van der Waals surface area contributed by atoms with E-state index in [9.17, 15) is 44.0 Å². The summed E-state index contributed by atoms with van der Waals surface area (Å²) >= 11 is 0. The minimum Gasteiger partial charge on any atom is -0.507 e. The van der Waals surface area contributed by atoms with Gasteiger partial charge in [-0.05, 0) is 49.6 Å². The summed E-state index contributed by atoms with van der Waals surface area (Å²) in [6.45, 7) is 3.22. The number of benzene rings is 3. The Bertz CT molecular complexity index is 2080. The van der Waals surface area contributed by atoms with Gasteiger partial charge in [-0.15, -0.1) is 10.2 Å². The molecule has 0 unspecified atom stereocenters. The number of hydrogen-bond donors (Lipinski definition) is 6. The number of fused-ring (bicyclic) bond motifs is 1. The zero-order chi connectivity index (χ0) is 30.5. The molecule has 4 aromatic rings. The van der Waals surface area contributed by atoms with E-state index in [1.54, 1.807) is 13.8 Å². The highest BCUT2D eigenvalue weighted by Gasteiger charge is 2.24. The molecule has 3 aromatic carbocycles. The number of phenolic OH excluding ortho intramolecular Hbond substituents is 1. The molecule has 0 aliphatic carbocycles. The van der Waals surface area contributed by atoms with Crippen molar-refractivity contribution in [2.45, 2.75) is 28.5 Å². The molecule has 7 N–H and O–H groups in total. The summed E-state index contributed by atoms with van der Waals surface area (Å²) in [6, 6.07) is 5.52. The fourth-order valence-electron chi connectivity index (χ4n) is 3.72. The van der Waals surface area contributed by atoms with E-state index >= 15 is 0 Å². The number of nitrogen functional groups attached to an aromatic ring is 1. The van der Waals surface area contributed by atoms with Gasteiger partial charge in [-0.3, -0.25) is 13.7 Å². The lowest BCUT2D eigenvalue weighted by molar-refractivity contribution is 0.471. The third kappa shape index (κ3) is 6.37. The van der Waals surface area contributed by atoms with Gasteiger partial charge in [-0.25, -0.2) is 4.98 Å². The number of nitrogens with two attached hydrogens (primary N) is 1. The van der Waals surface area contributed by atoms with Crippen molar-refractivity contribution < 1.29 is 44.0 Å². The Hall–Kier alpha value is -4.34. The van der Waals surface area contributed by atoms with Gasteiger partial charge < -0.3 is 16.2 Å². The standard InChI is InChI=1S/C21H19N7O10S3/c1-9-23-10(2)25-21(24-9)26-12-3-4-14(16(7-12)40(33,34)35)27-28-20-18-11(6-17(19(20)22)41(36,37)38)5-13(8-15(18)29)39(30,31)32/h3-8,29H,22H2,1-2H3,(H,30,31,32)(H,33,34,35)(H,36,37,38)(H,23,24,25,26). The predicted molar refractivity (Wildman–Crippen MR) is 143 cm³/mol. The van der Waals surface area contributed by atoms with Crippen LogP contribution in [0.25, 0.3) is 10.8 Å². The van der Waals surface area contributed by atoms with Crippen LogP contribution in [0.15, 0.2) is 61.3 Å². The summed E-state index contributed by atoms with van der Waals surface area (Å²) in [4.78, 5) is 9.62. The van der Waals surface area contributed by atoms with Gasteiger partial charge >= 0.3 is 0 Å². The second kappa shape index (κ2) is 10.2. The molecule has 216 valence electrons. The van der Waals surface area contributed by atoms with Crippen LogP contribution in [0.4, 0.5) is 28.7 Å². The maximum absolute atomic E-state index is 12.2. The number of aromatic hydroxyl groups is 1. The van der Waals surface area contributed by atoms with Crippen molar-refractivity contribution in [2.75, 3.05) is 11.1 Å². The van der Waals surface area contributed by atoms with Crippen molar-refractivity contribution in [3.63, 3.8) is 0 Å². The number of nitrogens with zero attached hydrogens (tertiary/aromatic N) is 5. The lowest BCUT2D eigenvalue weighted by atomic mass is 10.1. The highest BCUT2D eigenvalue weighted by atomic mass is 32.2. The van der Waals surface area contributed by atoms with E-state index in [2.05, 4.69) is 30.5 Å². The van der Waals surface area contributed by atoms with Gasteiger partial charge in [0.2, 0.25) is 5.95 Å². The monoisotopic (exact) mass is 625 g/mol. The molecule has 41 heavy (non-hydrogen) atoms. The highest BCUT2D eigenvalue weighted by Crippen LogP contribution is 2.44. The van der Waals surface area contributed by atoms with Gasteiger partial charge in [-0.2, -0.15) is 35.2 Å². The number of aromatic nitrogens is 3. The Kier molecular flexibility index (Phi) is 7.41. The summed E-state index contributed by atoms with van der Waals surface area (Å²) in [7, 11) is -14.9. The Balaban J connectivity index is 1.91. The Morgan fingerprint density at radius 1 is 0.780 bits per heavy atom. The summed E-state index contributed by atoms with van der Waals surface area (Å²) in [5.41, 5.74) is 4.16. The fourth-order valence-corrected chi connectivity index (χ4v) is 5.55. The van der Waals surface area contributed by atoms with Crippen LogP contribution in [0.3, 0.4) is 0 Å². The van der Waals surface area contributed by atoms with Crippen LogP contribution in [0, 0.1) is 13.8 Å². The van der Waals surface area contributed by atoms with Gasteiger partial charge in [-0.1, -0.05) is 0 Å². The van der Waals surface area contributed by atoms with E-state index in [-0.39, 0.29) is 22.4 Å². The lowest BCUT2D eigenvalue weighted by Gasteiger charge is -2.12. The average molecular weight is 626 g/mol. The summed E-state index contributed by atoms with van der Waals surface area (Å²) in [6.07, 6.45) is 0. The molecule has 17 nitrogen and oxygen atoms in total. The van der Waals surface area contributed by atoms with Gasteiger partial charge in [0.1, 0.15) is 38.6 Å². The molecule has 0 saturated carbocycles. The minimum atomic E-state index is -5.05. The molecule has 0 radical (unpaired) electrons. The zero-order valence-electron chi connectivity index (χ0n) is 20.7. The first kappa shape index (κ1) is 29.6. The van der Waals surface area contributed by atoms with Crippen molar-refractivity contribution in [1.82, 2.24) is 15.0 Å². The van der Waals surface area contributed by atoms with Crippen molar-refractivity contribution in [2.24, 2.45) is 10.2 Å². The molecule has 1 aromatic heterocycles.